The zero-order chi connectivity index (χ0) is 21.1. The highest BCUT2D eigenvalue weighted by Gasteiger charge is 2.36. The third kappa shape index (κ3) is 4.15. The summed E-state index contributed by atoms with van der Waals surface area (Å²) in [6, 6.07) is 14.0. The number of fused-ring (bicyclic) bond motifs is 1. The first-order valence-corrected chi connectivity index (χ1v) is 11.8. The third-order valence-corrected chi connectivity index (χ3v) is 8.32. The molecule has 1 saturated heterocycles. The molecule has 2 N–H and O–H groups in total. The van der Waals surface area contributed by atoms with Gasteiger partial charge in [-0.05, 0) is 49.7 Å². The third-order valence-electron chi connectivity index (χ3n) is 6.07. The Morgan fingerprint density at radius 2 is 1.70 bits per heavy atom. The van der Waals surface area contributed by atoms with E-state index in [0.717, 1.165) is 44.8 Å². The average molecular weight is 430 g/mol. The largest absolute Gasteiger partial charge is 0.508 e. The first kappa shape index (κ1) is 20.7. The maximum absolute atomic E-state index is 13.0. The Kier molecular flexibility index (Phi) is 5.97. The van der Waals surface area contributed by atoms with Crippen LogP contribution in [-0.2, 0) is 9.84 Å². The van der Waals surface area contributed by atoms with Crippen LogP contribution in [0.5, 0.6) is 5.75 Å². The van der Waals surface area contributed by atoms with Crippen LogP contribution in [0.4, 0.5) is 5.69 Å². The van der Waals surface area contributed by atoms with Gasteiger partial charge < -0.3 is 15.2 Å². The number of anilines is 1. The van der Waals surface area contributed by atoms with Crippen LogP contribution in [0, 0.1) is 0 Å². The predicted octanol–water partition coefficient (Wildman–Crippen LogP) is 2.72. The predicted molar refractivity (Wildman–Crippen MR) is 116 cm³/mol. The highest BCUT2D eigenvalue weighted by atomic mass is 32.2. The van der Waals surface area contributed by atoms with Crippen LogP contribution in [0.3, 0.4) is 0 Å². The monoisotopic (exact) mass is 429 g/mol. The molecule has 0 amide bonds. The lowest BCUT2D eigenvalue weighted by molar-refractivity contribution is 0.252. The Balaban J connectivity index is 1.31. The van der Waals surface area contributed by atoms with Crippen molar-refractivity contribution in [3.05, 3.63) is 54.1 Å². The first-order valence-electron chi connectivity index (χ1n) is 10.3. The topological polar surface area (TPSA) is 93.4 Å². The minimum absolute atomic E-state index is 0.254. The van der Waals surface area contributed by atoms with E-state index < -0.39 is 15.1 Å². The summed E-state index contributed by atoms with van der Waals surface area (Å²) >= 11 is 0. The van der Waals surface area contributed by atoms with E-state index in [1.165, 1.54) is 0 Å². The van der Waals surface area contributed by atoms with E-state index in [1.807, 2.05) is 12.1 Å². The van der Waals surface area contributed by atoms with Crippen LogP contribution in [0.25, 0.3) is 0 Å². The lowest BCUT2D eigenvalue weighted by Crippen LogP contribution is -2.46. The number of hydrogen-bond donors (Lipinski definition) is 2. The van der Waals surface area contributed by atoms with E-state index in [0.29, 0.717) is 17.7 Å². The summed E-state index contributed by atoms with van der Waals surface area (Å²) in [6.45, 7) is 4.50. The molecule has 2 aromatic carbocycles. The van der Waals surface area contributed by atoms with Crippen LogP contribution in [-0.4, -0.2) is 67.3 Å². The number of hydrogen-bond acceptors (Lipinski definition) is 7. The van der Waals surface area contributed by atoms with Crippen molar-refractivity contribution in [2.75, 3.05) is 37.6 Å². The van der Waals surface area contributed by atoms with Crippen LogP contribution >= 0.6 is 0 Å². The normalized spacial score (nSPS) is 22.7. The second-order valence-electron chi connectivity index (χ2n) is 7.90. The molecule has 0 aliphatic carbocycles. The van der Waals surface area contributed by atoms with E-state index >= 15 is 0 Å². The summed E-state index contributed by atoms with van der Waals surface area (Å²) < 4.78 is 26.0. The summed E-state index contributed by atoms with van der Waals surface area (Å²) in [5.74, 6) is 0.270. The summed E-state index contributed by atoms with van der Waals surface area (Å²) in [4.78, 5) is 4.93. The van der Waals surface area contributed by atoms with Crippen molar-refractivity contribution in [2.24, 2.45) is 5.16 Å². The molecule has 0 aromatic heterocycles. The molecule has 160 valence electrons. The molecule has 0 radical (unpaired) electrons. The van der Waals surface area contributed by atoms with Crippen LogP contribution < -0.4 is 4.90 Å². The Bertz CT molecular complexity index is 1010. The lowest BCUT2D eigenvalue weighted by atomic mass is 10.0. The quantitative estimate of drug-likeness (QED) is 0.561. The van der Waals surface area contributed by atoms with Gasteiger partial charge in [0.2, 0.25) is 0 Å². The van der Waals surface area contributed by atoms with Gasteiger partial charge in [-0.25, -0.2) is 8.42 Å². The fourth-order valence-electron chi connectivity index (χ4n) is 4.36. The van der Waals surface area contributed by atoms with Crippen molar-refractivity contribution >= 4 is 21.2 Å². The number of sulfone groups is 1. The molecule has 1 unspecified atom stereocenters. The van der Waals surface area contributed by atoms with Crippen LogP contribution in [0.1, 0.15) is 24.8 Å². The van der Waals surface area contributed by atoms with Crippen molar-refractivity contribution in [3.63, 3.8) is 0 Å². The second-order valence-corrected chi connectivity index (χ2v) is 10.1. The number of phenols is 1. The number of phenolic OH excluding ortho intramolecular Hbond substituents is 1. The van der Waals surface area contributed by atoms with Gasteiger partial charge in [0.1, 0.15) is 5.75 Å². The molecule has 1 atom stereocenters. The molecule has 1 fully saturated rings. The standard InChI is InChI=1S/C22H27N3O4S/c26-18-9-7-17(8-10-18)25-14-12-24(13-15-25)11-3-4-19-16-21(23-27)20-5-1-2-6-22(20)30(19,28)29/h1-2,5-10,19,26-27H,3-4,11-16H2/b23-21-. The molecule has 0 saturated carbocycles. The number of rotatable bonds is 5. The molecule has 0 bridgehead atoms. The molecule has 8 heteroatoms. The van der Waals surface area contributed by atoms with Gasteiger partial charge >= 0.3 is 0 Å². The fraction of sp³-hybridized carbons (Fsp3) is 0.409. The fourth-order valence-corrected chi connectivity index (χ4v) is 6.33. The van der Waals surface area contributed by atoms with Crippen molar-refractivity contribution < 1.29 is 18.7 Å². The van der Waals surface area contributed by atoms with Crippen LogP contribution in [0.15, 0.2) is 58.6 Å². The average Bonchev–Trinajstić information content (AvgIpc) is 2.76. The maximum Gasteiger partial charge on any atom is 0.182 e. The zero-order valence-corrected chi connectivity index (χ0v) is 17.6. The number of aromatic hydroxyl groups is 1. The number of oxime groups is 1. The SMILES string of the molecule is O=S1(=O)c2ccccc2/C(=N\O)CC1CCCN1CCN(c2ccc(O)cc2)CC1. The van der Waals surface area contributed by atoms with Crippen molar-refractivity contribution in [2.45, 2.75) is 29.4 Å². The molecular weight excluding hydrogens is 402 g/mol. The molecule has 0 spiro atoms. The van der Waals surface area contributed by atoms with Gasteiger partial charge in [-0.3, -0.25) is 4.90 Å². The summed E-state index contributed by atoms with van der Waals surface area (Å²) in [5.41, 5.74) is 2.07. The lowest BCUT2D eigenvalue weighted by Gasteiger charge is -2.36. The van der Waals surface area contributed by atoms with Gasteiger partial charge in [-0.2, -0.15) is 0 Å². The Morgan fingerprint density at radius 3 is 2.40 bits per heavy atom. The smallest absolute Gasteiger partial charge is 0.182 e. The van der Waals surface area contributed by atoms with E-state index in [-0.39, 0.29) is 17.1 Å². The van der Waals surface area contributed by atoms with Crippen molar-refractivity contribution in [1.82, 2.24) is 4.90 Å². The molecule has 30 heavy (non-hydrogen) atoms. The first-order chi connectivity index (χ1) is 14.5. The molecule has 7 nitrogen and oxygen atoms in total. The zero-order valence-electron chi connectivity index (χ0n) is 16.8. The highest BCUT2D eigenvalue weighted by Crippen LogP contribution is 2.32. The summed E-state index contributed by atoms with van der Waals surface area (Å²) in [5, 5.41) is 21.6. The van der Waals surface area contributed by atoms with E-state index in [4.69, 9.17) is 0 Å². The van der Waals surface area contributed by atoms with Gasteiger partial charge in [-0.15, -0.1) is 0 Å². The van der Waals surface area contributed by atoms with E-state index in [2.05, 4.69) is 15.0 Å². The molecule has 2 heterocycles. The minimum atomic E-state index is -3.42. The molecular formula is C22H27N3O4S. The molecule has 2 aliphatic rings. The molecule has 2 aromatic rings. The summed E-state index contributed by atoms with van der Waals surface area (Å²) in [6.07, 6.45) is 1.59. The summed E-state index contributed by atoms with van der Waals surface area (Å²) in [7, 11) is -3.42. The van der Waals surface area contributed by atoms with Crippen LogP contribution in [0.2, 0.25) is 0 Å². The Morgan fingerprint density at radius 1 is 1.00 bits per heavy atom. The number of benzene rings is 2. The van der Waals surface area contributed by atoms with Gasteiger partial charge in [0.25, 0.3) is 0 Å². The second kappa shape index (κ2) is 8.65. The minimum Gasteiger partial charge on any atom is -0.508 e. The highest BCUT2D eigenvalue weighted by molar-refractivity contribution is 7.92. The van der Waals surface area contributed by atoms with Gasteiger partial charge in [0.05, 0.1) is 15.9 Å². The van der Waals surface area contributed by atoms with Gasteiger partial charge in [0.15, 0.2) is 9.84 Å². The van der Waals surface area contributed by atoms with Gasteiger partial charge in [0, 0.05) is 43.9 Å². The maximum atomic E-state index is 13.0. The molecule has 4 rings (SSSR count). The van der Waals surface area contributed by atoms with E-state index in [9.17, 15) is 18.7 Å². The van der Waals surface area contributed by atoms with E-state index in [1.54, 1.807) is 36.4 Å². The number of piperazine rings is 1. The Hall–Kier alpha value is -2.58. The van der Waals surface area contributed by atoms with Crippen molar-refractivity contribution in [1.29, 1.82) is 0 Å². The Labute approximate surface area is 177 Å². The van der Waals surface area contributed by atoms with Gasteiger partial charge in [-0.1, -0.05) is 23.4 Å². The molecule has 2 aliphatic heterocycles. The number of nitrogens with zero attached hydrogens (tertiary/aromatic N) is 3. The van der Waals surface area contributed by atoms with Crippen molar-refractivity contribution in [3.8, 4) is 5.75 Å².